The van der Waals surface area contributed by atoms with Crippen LogP contribution in [0.3, 0.4) is 0 Å². The summed E-state index contributed by atoms with van der Waals surface area (Å²) < 4.78 is 4.56. The molecule has 1 saturated carbocycles. The molecule has 13 heavy (non-hydrogen) atoms. The molecule has 1 fully saturated rings. The summed E-state index contributed by atoms with van der Waals surface area (Å²) in [7, 11) is 1.41. The van der Waals surface area contributed by atoms with Crippen molar-refractivity contribution in [3.8, 4) is 0 Å². The zero-order chi connectivity index (χ0) is 9.84. The SMILES string of the molecule is COC(=O)N[C@@H]1CCC(C(C)C)C1. The molecule has 0 aromatic carbocycles. The van der Waals surface area contributed by atoms with Crippen LogP contribution < -0.4 is 5.32 Å². The number of hydrogen-bond donors (Lipinski definition) is 1. The number of hydrogen-bond acceptors (Lipinski definition) is 2. The molecule has 0 bridgehead atoms. The Bertz CT molecular complexity index is 180. The molecule has 2 atom stereocenters. The van der Waals surface area contributed by atoms with E-state index in [2.05, 4.69) is 23.9 Å². The molecule has 0 spiro atoms. The lowest BCUT2D eigenvalue weighted by Gasteiger charge is -2.14. The molecule has 0 aromatic rings. The van der Waals surface area contributed by atoms with Crippen LogP contribution in [0.4, 0.5) is 4.79 Å². The normalized spacial score (nSPS) is 27.7. The number of alkyl carbamates (subject to hydrolysis) is 1. The lowest BCUT2D eigenvalue weighted by Crippen LogP contribution is -2.32. The van der Waals surface area contributed by atoms with E-state index in [1.54, 1.807) is 0 Å². The van der Waals surface area contributed by atoms with Crippen LogP contribution in [0, 0.1) is 11.8 Å². The maximum Gasteiger partial charge on any atom is 0.407 e. The monoisotopic (exact) mass is 185 g/mol. The number of carbonyl (C=O) groups excluding carboxylic acids is 1. The van der Waals surface area contributed by atoms with Gasteiger partial charge in [-0.2, -0.15) is 0 Å². The molecule has 3 nitrogen and oxygen atoms in total. The van der Waals surface area contributed by atoms with Gasteiger partial charge in [0.15, 0.2) is 0 Å². The first-order valence-corrected chi connectivity index (χ1v) is 4.98. The summed E-state index contributed by atoms with van der Waals surface area (Å²) in [6, 6.07) is 0.333. The van der Waals surface area contributed by atoms with E-state index < -0.39 is 0 Å². The predicted octanol–water partition coefficient (Wildman–Crippen LogP) is 2.17. The fourth-order valence-corrected chi connectivity index (χ4v) is 1.98. The minimum Gasteiger partial charge on any atom is -0.453 e. The van der Waals surface area contributed by atoms with Gasteiger partial charge in [-0.25, -0.2) is 4.79 Å². The second kappa shape index (κ2) is 4.49. The van der Waals surface area contributed by atoms with Gasteiger partial charge in [0, 0.05) is 6.04 Å². The third-order valence-electron chi connectivity index (χ3n) is 2.92. The van der Waals surface area contributed by atoms with Crippen LogP contribution in [0.5, 0.6) is 0 Å². The smallest absolute Gasteiger partial charge is 0.407 e. The van der Waals surface area contributed by atoms with Gasteiger partial charge in [0.25, 0.3) is 0 Å². The van der Waals surface area contributed by atoms with Crippen molar-refractivity contribution in [1.82, 2.24) is 5.32 Å². The minimum atomic E-state index is -0.297. The summed E-state index contributed by atoms with van der Waals surface area (Å²) in [5.41, 5.74) is 0. The Morgan fingerprint density at radius 3 is 2.62 bits per heavy atom. The Balaban J connectivity index is 2.29. The van der Waals surface area contributed by atoms with Crippen LogP contribution in [-0.2, 0) is 4.74 Å². The molecule has 1 amide bonds. The maximum atomic E-state index is 10.9. The topological polar surface area (TPSA) is 38.3 Å². The summed E-state index contributed by atoms with van der Waals surface area (Å²) in [6.07, 6.45) is 3.13. The molecular formula is C10H19NO2. The van der Waals surface area contributed by atoms with E-state index in [9.17, 15) is 4.79 Å². The molecule has 1 unspecified atom stereocenters. The van der Waals surface area contributed by atoms with E-state index in [4.69, 9.17) is 0 Å². The second-order valence-corrected chi connectivity index (χ2v) is 4.15. The largest absolute Gasteiger partial charge is 0.453 e. The molecule has 1 aliphatic carbocycles. The van der Waals surface area contributed by atoms with Gasteiger partial charge in [0.2, 0.25) is 0 Å². The van der Waals surface area contributed by atoms with E-state index >= 15 is 0 Å². The molecule has 0 radical (unpaired) electrons. The van der Waals surface area contributed by atoms with Crippen molar-refractivity contribution in [2.24, 2.45) is 11.8 Å². The number of nitrogens with one attached hydrogen (secondary N) is 1. The van der Waals surface area contributed by atoms with Crippen LogP contribution >= 0.6 is 0 Å². The Kier molecular flexibility index (Phi) is 3.58. The van der Waals surface area contributed by atoms with Gasteiger partial charge in [-0.1, -0.05) is 13.8 Å². The van der Waals surface area contributed by atoms with Gasteiger partial charge in [0.1, 0.15) is 0 Å². The molecule has 76 valence electrons. The summed E-state index contributed by atoms with van der Waals surface area (Å²) in [5, 5.41) is 2.85. The number of amides is 1. The third kappa shape index (κ3) is 2.90. The minimum absolute atomic E-state index is 0.297. The van der Waals surface area contributed by atoms with E-state index in [0.717, 1.165) is 24.7 Å². The van der Waals surface area contributed by atoms with Crippen molar-refractivity contribution in [2.75, 3.05) is 7.11 Å². The highest BCUT2D eigenvalue weighted by atomic mass is 16.5. The summed E-state index contributed by atoms with van der Waals surface area (Å²) in [4.78, 5) is 10.9. The van der Waals surface area contributed by atoms with Gasteiger partial charge < -0.3 is 10.1 Å². The second-order valence-electron chi connectivity index (χ2n) is 4.15. The number of ether oxygens (including phenoxy) is 1. The number of carbonyl (C=O) groups is 1. The number of methoxy groups -OCH3 is 1. The maximum absolute atomic E-state index is 10.9. The fraction of sp³-hybridized carbons (Fsp3) is 0.900. The fourth-order valence-electron chi connectivity index (χ4n) is 1.98. The van der Waals surface area contributed by atoms with E-state index in [1.807, 2.05) is 0 Å². The quantitative estimate of drug-likeness (QED) is 0.716. The standard InChI is InChI=1S/C10H19NO2/c1-7(2)8-4-5-9(6-8)11-10(12)13-3/h7-9H,4-6H2,1-3H3,(H,11,12)/t8?,9-/m1/s1. The van der Waals surface area contributed by atoms with Crippen molar-refractivity contribution < 1.29 is 9.53 Å². The lowest BCUT2D eigenvalue weighted by molar-refractivity contribution is 0.166. The van der Waals surface area contributed by atoms with Gasteiger partial charge in [-0.3, -0.25) is 0 Å². The average Bonchev–Trinajstić information content (AvgIpc) is 2.52. The van der Waals surface area contributed by atoms with Gasteiger partial charge >= 0.3 is 6.09 Å². The molecule has 0 aromatic heterocycles. The molecule has 3 heteroatoms. The average molecular weight is 185 g/mol. The lowest BCUT2D eigenvalue weighted by atomic mass is 9.94. The molecule has 1 rings (SSSR count). The van der Waals surface area contributed by atoms with E-state index in [-0.39, 0.29) is 6.09 Å². The van der Waals surface area contributed by atoms with Crippen molar-refractivity contribution in [3.63, 3.8) is 0 Å². The van der Waals surface area contributed by atoms with Crippen LogP contribution in [0.15, 0.2) is 0 Å². The van der Waals surface area contributed by atoms with Crippen LogP contribution in [-0.4, -0.2) is 19.2 Å². The van der Waals surface area contributed by atoms with Crippen molar-refractivity contribution in [1.29, 1.82) is 0 Å². The van der Waals surface area contributed by atoms with Gasteiger partial charge in [-0.05, 0) is 31.1 Å². The summed E-state index contributed by atoms with van der Waals surface area (Å²) >= 11 is 0. The Hall–Kier alpha value is -0.730. The van der Waals surface area contributed by atoms with Crippen molar-refractivity contribution >= 4 is 6.09 Å². The highest BCUT2D eigenvalue weighted by Crippen LogP contribution is 2.31. The van der Waals surface area contributed by atoms with Crippen LogP contribution in [0.1, 0.15) is 33.1 Å². The van der Waals surface area contributed by atoms with Crippen molar-refractivity contribution in [3.05, 3.63) is 0 Å². The molecule has 0 aliphatic heterocycles. The van der Waals surface area contributed by atoms with E-state index in [0.29, 0.717) is 6.04 Å². The predicted molar refractivity (Wildman–Crippen MR) is 51.5 cm³/mol. The zero-order valence-electron chi connectivity index (χ0n) is 8.67. The van der Waals surface area contributed by atoms with Gasteiger partial charge in [-0.15, -0.1) is 0 Å². The van der Waals surface area contributed by atoms with Gasteiger partial charge in [0.05, 0.1) is 7.11 Å². The van der Waals surface area contributed by atoms with E-state index in [1.165, 1.54) is 13.5 Å². The molecule has 1 N–H and O–H groups in total. The molecule has 0 saturated heterocycles. The summed E-state index contributed by atoms with van der Waals surface area (Å²) in [6.45, 7) is 4.48. The Labute approximate surface area is 79.8 Å². The zero-order valence-corrected chi connectivity index (χ0v) is 8.67. The Morgan fingerprint density at radius 1 is 1.46 bits per heavy atom. The van der Waals surface area contributed by atoms with Crippen LogP contribution in [0.2, 0.25) is 0 Å². The molecule has 0 heterocycles. The molecular weight excluding hydrogens is 166 g/mol. The summed E-state index contributed by atoms with van der Waals surface area (Å²) in [5.74, 6) is 1.49. The first kappa shape index (κ1) is 10.4. The first-order valence-electron chi connectivity index (χ1n) is 4.98. The number of rotatable bonds is 2. The molecule has 1 aliphatic rings. The van der Waals surface area contributed by atoms with Crippen molar-refractivity contribution in [2.45, 2.75) is 39.2 Å². The van der Waals surface area contributed by atoms with Crippen LogP contribution in [0.25, 0.3) is 0 Å². The first-order chi connectivity index (χ1) is 6.13. The third-order valence-corrected chi connectivity index (χ3v) is 2.92. The highest BCUT2D eigenvalue weighted by Gasteiger charge is 2.27. The Morgan fingerprint density at radius 2 is 2.15 bits per heavy atom. The highest BCUT2D eigenvalue weighted by molar-refractivity contribution is 5.67.